The second-order valence-corrected chi connectivity index (χ2v) is 10.3. The number of carbonyl (C=O) groups is 2. The summed E-state index contributed by atoms with van der Waals surface area (Å²) in [6.45, 7) is 5.96. The number of carbonyl (C=O) groups excluding carboxylic acids is 2. The summed E-state index contributed by atoms with van der Waals surface area (Å²) in [7, 11) is 3.32. The molecule has 2 saturated heterocycles. The third kappa shape index (κ3) is 4.49. The predicted molar refractivity (Wildman–Crippen MR) is 134 cm³/mol. The Morgan fingerprint density at radius 1 is 1.26 bits per heavy atom. The van der Waals surface area contributed by atoms with Crippen LogP contribution in [0.5, 0.6) is 0 Å². The van der Waals surface area contributed by atoms with Crippen molar-refractivity contribution in [3.05, 3.63) is 17.9 Å². The van der Waals surface area contributed by atoms with Crippen LogP contribution in [-0.4, -0.2) is 85.9 Å². The second kappa shape index (κ2) is 9.73. The normalized spacial score (nSPS) is 20.7. The van der Waals surface area contributed by atoms with E-state index in [1.807, 2.05) is 6.07 Å². The lowest BCUT2D eigenvalue weighted by Gasteiger charge is -2.55. The Hall–Kier alpha value is -2.72. The van der Waals surface area contributed by atoms with E-state index in [4.69, 9.17) is 0 Å². The average molecular weight is 486 g/mol. The number of urea groups is 1. The number of fused-ring (bicyclic) bond motifs is 1. The molecule has 2 aromatic rings. The molecule has 5 rings (SSSR count). The van der Waals surface area contributed by atoms with Crippen molar-refractivity contribution in [1.29, 1.82) is 0 Å². The standard InChI is InChI=1S/C25H36FN7O2/c1-27-24(35)33(8-3-13-34)23-19-14-20(26)22(15-21(19)30(2)29-23)32-11-9-31(10-12-32)18-16-25(17-18)4-6-28-7-5-25/h13-15,18,28H,3-12,16-17H2,1-2H3,(H,27,35). The number of anilines is 2. The molecule has 3 fully saturated rings. The topological polar surface area (TPSA) is 85.7 Å². The van der Waals surface area contributed by atoms with Crippen molar-refractivity contribution in [3.8, 4) is 0 Å². The zero-order valence-corrected chi connectivity index (χ0v) is 20.7. The summed E-state index contributed by atoms with van der Waals surface area (Å²) in [6, 6.07) is 3.61. The fraction of sp³-hybridized carbons (Fsp3) is 0.640. The number of benzene rings is 1. The molecule has 1 aromatic heterocycles. The van der Waals surface area contributed by atoms with Gasteiger partial charge in [-0.15, -0.1) is 0 Å². The van der Waals surface area contributed by atoms with Crippen molar-refractivity contribution in [2.24, 2.45) is 12.5 Å². The maximum absolute atomic E-state index is 15.4. The lowest BCUT2D eigenvalue weighted by atomic mass is 9.60. The number of aromatic nitrogens is 2. The molecular formula is C25H36FN7O2. The molecule has 35 heavy (non-hydrogen) atoms. The molecular weight excluding hydrogens is 449 g/mol. The Labute approximate surface area is 205 Å². The van der Waals surface area contributed by atoms with E-state index in [1.165, 1.54) is 43.7 Å². The SMILES string of the molecule is CNC(=O)N(CCC=O)c1nn(C)c2cc(N3CCN(C4CC5(CCNCC5)C4)CC3)c(F)cc12. The minimum absolute atomic E-state index is 0.176. The number of hydrogen-bond acceptors (Lipinski definition) is 6. The summed E-state index contributed by atoms with van der Waals surface area (Å²) in [5.74, 6) is 0.0422. The van der Waals surface area contributed by atoms with Gasteiger partial charge in [0.15, 0.2) is 5.82 Å². The van der Waals surface area contributed by atoms with E-state index in [1.54, 1.807) is 11.7 Å². The fourth-order valence-electron chi connectivity index (χ4n) is 6.20. The zero-order chi connectivity index (χ0) is 24.6. The Kier molecular flexibility index (Phi) is 6.67. The highest BCUT2D eigenvalue weighted by atomic mass is 19.1. The number of rotatable bonds is 6. The second-order valence-electron chi connectivity index (χ2n) is 10.3. The van der Waals surface area contributed by atoms with Crippen LogP contribution in [0.2, 0.25) is 0 Å². The van der Waals surface area contributed by atoms with Crippen LogP contribution in [0.25, 0.3) is 10.9 Å². The van der Waals surface area contributed by atoms with Crippen LogP contribution in [-0.2, 0) is 11.8 Å². The van der Waals surface area contributed by atoms with Crippen LogP contribution in [0, 0.1) is 11.2 Å². The van der Waals surface area contributed by atoms with Gasteiger partial charge in [-0.25, -0.2) is 9.18 Å². The Morgan fingerprint density at radius 3 is 2.63 bits per heavy atom. The highest BCUT2D eigenvalue weighted by molar-refractivity contribution is 6.01. The Balaban J connectivity index is 1.30. The third-order valence-corrected chi connectivity index (χ3v) is 8.26. The van der Waals surface area contributed by atoms with Crippen molar-refractivity contribution >= 4 is 34.7 Å². The molecule has 0 atom stereocenters. The first-order chi connectivity index (χ1) is 16.9. The van der Waals surface area contributed by atoms with Crippen molar-refractivity contribution < 1.29 is 14.0 Å². The molecule has 9 nitrogen and oxygen atoms in total. The minimum Gasteiger partial charge on any atom is -0.367 e. The molecule has 1 aromatic carbocycles. The molecule has 0 radical (unpaired) electrons. The van der Waals surface area contributed by atoms with Crippen LogP contribution in [0.1, 0.15) is 32.1 Å². The van der Waals surface area contributed by atoms with Gasteiger partial charge in [0.1, 0.15) is 12.1 Å². The first-order valence-electron chi connectivity index (χ1n) is 12.7. The molecule has 2 aliphatic heterocycles. The van der Waals surface area contributed by atoms with Crippen LogP contribution < -0.4 is 20.4 Å². The molecule has 2 N–H and O–H groups in total. The monoisotopic (exact) mass is 485 g/mol. The van der Waals surface area contributed by atoms with Crippen molar-refractivity contribution in [1.82, 2.24) is 25.3 Å². The van der Waals surface area contributed by atoms with E-state index in [0.29, 0.717) is 28.3 Å². The molecule has 0 unspecified atom stereocenters. The van der Waals surface area contributed by atoms with E-state index in [9.17, 15) is 9.59 Å². The highest BCUT2D eigenvalue weighted by Gasteiger charge is 2.47. The number of nitrogens with zero attached hydrogens (tertiary/aromatic N) is 5. The minimum atomic E-state index is -0.380. The summed E-state index contributed by atoms with van der Waals surface area (Å²) < 4.78 is 17.1. The first kappa shape index (κ1) is 24.0. The lowest BCUT2D eigenvalue weighted by Crippen LogP contribution is -2.58. The number of amides is 2. The molecule has 2 amide bonds. The molecule has 1 spiro atoms. The van der Waals surface area contributed by atoms with Gasteiger partial charge in [-0.3, -0.25) is 14.5 Å². The van der Waals surface area contributed by atoms with Crippen molar-refractivity contribution in [3.63, 3.8) is 0 Å². The zero-order valence-electron chi connectivity index (χ0n) is 20.7. The van der Waals surface area contributed by atoms with Gasteiger partial charge in [0.25, 0.3) is 0 Å². The number of halogens is 1. The van der Waals surface area contributed by atoms with E-state index in [0.717, 1.165) is 51.1 Å². The summed E-state index contributed by atoms with van der Waals surface area (Å²) >= 11 is 0. The van der Waals surface area contributed by atoms with Gasteiger partial charge in [-0.05, 0) is 56.3 Å². The summed E-state index contributed by atoms with van der Waals surface area (Å²) in [4.78, 5) is 29.4. The van der Waals surface area contributed by atoms with Gasteiger partial charge >= 0.3 is 6.03 Å². The van der Waals surface area contributed by atoms with Crippen LogP contribution >= 0.6 is 0 Å². The predicted octanol–water partition coefficient (Wildman–Crippen LogP) is 2.10. The third-order valence-electron chi connectivity index (χ3n) is 8.26. The van der Waals surface area contributed by atoms with E-state index in [2.05, 4.69) is 25.5 Å². The highest BCUT2D eigenvalue weighted by Crippen LogP contribution is 2.50. The van der Waals surface area contributed by atoms with E-state index < -0.39 is 0 Å². The Morgan fingerprint density at radius 2 is 1.97 bits per heavy atom. The van der Waals surface area contributed by atoms with Crippen molar-refractivity contribution in [2.45, 2.75) is 38.1 Å². The first-order valence-corrected chi connectivity index (χ1v) is 12.7. The number of piperazine rings is 1. The summed E-state index contributed by atoms with van der Waals surface area (Å²) in [5.41, 5.74) is 1.90. The lowest BCUT2D eigenvalue weighted by molar-refractivity contribution is -0.107. The Bertz CT molecular complexity index is 1080. The number of hydrogen-bond donors (Lipinski definition) is 2. The van der Waals surface area contributed by atoms with Crippen LogP contribution in [0.15, 0.2) is 12.1 Å². The summed E-state index contributed by atoms with van der Waals surface area (Å²) in [6.07, 6.45) is 6.14. The smallest absolute Gasteiger partial charge is 0.322 e. The van der Waals surface area contributed by atoms with Gasteiger partial charge in [0.05, 0.1) is 11.2 Å². The largest absolute Gasteiger partial charge is 0.367 e. The van der Waals surface area contributed by atoms with Gasteiger partial charge < -0.3 is 20.3 Å². The maximum atomic E-state index is 15.4. The van der Waals surface area contributed by atoms with Gasteiger partial charge in [-0.1, -0.05) is 0 Å². The number of aldehydes is 1. The van der Waals surface area contributed by atoms with E-state index in [-0.39, 0.29) is 24.8 Å². The average Bonchev–Trinajstić information content (AvgIpc) is 3.17. The molecule has 0 bridgehead atoms. The van der Waals surface area contributed by atoms with Gasteiger partial charge in [-0.2, -0.15) is 5.10 Å². The van der Waals surface area contributed by atoms with Gasteiger partial charge in [0, 0.05) is 64.7 Å². The molecule has 3 aliphatic rings. The van der Waals surface area contributed by atoms with Crippen LogP contribution in [0.4, 0.5) is 20.7 Å². The molecule has 1 saturated carbocycles. The van der Waals surface area contributed by atoms with E-state index >= 15 is 4.39 Å². The van der Waals surface area contributed by atoms with Gasteiger partial charge in [0.2, 0.25) is 0 Å². The fourth-order valence-corrected chi connectivity index (χ4v) is 6.20. The van der Waals surface area contributed by atoms with Crippen LogP contribution in [0.3, 0.4) is 0 Å². The summed E-state index contributed by atoms with van der Waals surface area (Å²) in [5, 5.41) is 11.1. The molecule has 190 valence electrons. The molecule has 1 aliphatic carbocycles. The molecule has 3 heterocycles. The number of aryl methyl sites for hydroxylation is 1. The quantitative estimate of drug-likeness (QED) is 0.610. The maximum Gasteiger partial charge on any atom is 0.322 e. The number of piperidine rings is 1. The number of nitrogens with one attached hydrogen (secondary N) is 2. The molecule has 10 heteroatoms. The van der Waals surface area contributed by atoms with Crippen molar-refractivity contribution in [2.75, 3.05) is 62.7 Å².